The van der Waals surface area contributed by atoms with Gasteiger partial charge in [-0.15, -0.1) is 0 Å². The van der Waals surface area contributed by atoms with Crippen molar-refractivity contribution in [3.63, 3.8) is 0 Å². The number of aromatic nitrogens is 1. The second-order valence-corrected chi connectivity index (χ2v) is 5.16. The van der Waals surface area contributed by atoms with Crippen LogP contribution in [-0.2, 0) is 0 Å². The number of pyridine rings is 1. The average Bonchev–Trinajstić information content (AvgIpc) is 2.87. The predicted molar refractivity (Wildman–Crippen MR) is 75.6 cm³/mol. The summed E-state index contributed by atoms with van der Waals surface area (Å²) >= 11 is 0. The third-order valence-corrected chi connectivity index (χ3v) is 3.87. The van der Waals surface area contributed by atoms with Crippen molar-refractivity contribution in [2.24, 2.45) is 0 Å². The molecule has 1 aliphatic rings. The highest BCUT2D eigenvalue weighted by Gasteiger charge is 2.25. The van der Waals surface area contributed by atoms with Crippen molar-refractivity contribution >= 4 is 10.9 Å². The number of hydrogen-bond acceptors (Lipinski definition) is 2. The van der Waals surface area contributed by atoms with Crippen molar-refractivity contribution in [3.05, 3.63) is 42.1 Å². The van der Waals surface area contributed by atoms with Crippen LogP contribution in [0.2, 0.25) is 0 Å². The van der Waals surface area contributed by atoms with E-state index >= 15 is 0 Å². The molecule has 1 fully saturated rings. The van der Waals surface area contributed by atoms with Gasteiger partial charge < -0.3 is 0 Å². The second-order valence-electron chi connectivity index (χ2n) is 5.16. The lowest BCUT2D eigenvalue weighted by molar-refractivity contribution is 0.257. The molecule has 2 heterocycles. The number of nitrogens with zero attached hydrogens (tertiary/aromatic N) is 2. The molecule has 1 aromatic heterocycles. The van der Waals surface area contributed by atoms with Crippen LogP contribution in [0.1, 0.15) is 37.8 Å². The number of benzene rings is 1. The molecule has 0 saturated carbocycles. The fourth-order valence-corrected chi connectivity index (χ4v) is 3.03. The van der Waals surface area contributed by atoms with Gasteiger partial charge in [0.1, 0.15) is 0 Å². The van der Waals surface area contributed by atoms with E-state index in [2.05, 4.69) is 47.3 Å². The summed E-state index contributed by atoms with van der Waals surface area (Å²) in [6.07, 6.45) is 5.90. The third kappa shape index (κ3) is 2.13. The van der Waals surface area contributed by atoms with Crippen molar-refractivity contribution in [1.82, 2.24) is 9.88 Å². The molecule has 0 N–H and O–H groups in total. The van der Waals surface area contributed by atoms with Gasteiger partial charge in [-0.2, -0.15) is 0 Å². The molecular weight excluding hydrogens is 220 g/mol. The molecule has 2 nitrogen and oxygen atoms in total. The lowest BCUT2D eigenvalue weighted by Gasteiger charge is -2.24. The zero-order valence-corrected chi connectivity index (χ0v) is 11.0. The molecule has 1 atom stereocenters. The van der Waals surface area contributed by atoms with E-state index in [9.17, 15) is 0 Å². The van der Waals surface area contributed by atoms with Gasteiger partial charge in [0.25, 0.3) is 0 Å². The van der Waals surface area contributed by atoms with Crippen molar-refractivity contribution in [1.29, 1.82) is 0 Å². The summed E-state index contributed by atoms with van der Waals surface area (Å²) in [7, 11) is 0. The topological polar surface area (TPSA) is 16.1 Å². The van der Waals surface area contributed by atoms with Crippen LogP contribution in [0.5, 0.6) is 0 Å². The van der Waals surface area contributed by atoms with Crippen LogP contribution in [-0.4, -0.2) is 23.0 Å². The summed E-state index contributed by atoms with van der Waals surface area (Å²) in [6, 6.07) is 11.3. The Balaban J connectivity index is 1.93. The molecule has 0 spiro atoms. The Morgan fingerprint density at radius 3 is 3.11 bits per heavy atom. The van der Waals surface area contributed by atoms with Gasteiger partial charge in [-0.05, 0) is 50.0 Å². The van der Waals surface area contributed by atoms with Gasteiger partial charge in [-0.25, -0.2) is 0 Å². The SMILES string of the molecule is CCCN1CCCC1c1cnc2ccccc2c1. The van der Waals surface area contributed by atoms with Gasteiger partial charge in [-0.1, -0.05) is 25.1 Å². The summed E-state index contributed by atoms with van der Waals surface area (Å²) in [5.41, 5.74) is 2.49. The highest BCUT2D eigenvalue weighted by atomic mass is 15.2. The minimum atomic E-state index is 0.585. The molecule has 0 radical (unpaired) electrons. The van der Waals surface area contributed by atoms with Gasteiger partial charge in [0.05, 0.1) is 5.52 Å². The second kappa shape index (κ2) is 5.07. The van der Waals surface area contributed by atoms with E-state index in [0.29, 0.717) is 6.04 Å². The van der Waals surface area contributed by atoms with Crippen LogP contribution < -0.4 is 0 Å². The summed E-state index contributed by atoms with van der Waals surface area (Å²) in [6.45, 7) is 4.71. The minimum Gasteiger partial charge on any atom is -0.296 e. The van der Waals surface area contributed by atoms with E-state index in [-0.39, 0.29) is 0 Å². The van der Waals surface area contributed by atoms with Gasteiger partial charge in [0, 0.05) is 17.6 Å². The molecule has 1 saturated heterocycles. The van der Waals surface area contributed by atoms with E-state index in [1.807, 2.05) is 6.07 Å². The Bertz CT molecular complexity index is 535. The molecule has 2 heteroatoms. The summed E-state index contributed by atoms with van der Waals surface area (Å²) < 4.78 is 0. The molecule has 1 aromatic carbocycles. The van der Waals surface area contributed by atoms with E-state index in [1.165, 1.54) is 43.3 Å². The Morgan fingerprint density at radius 2 is 2.22 bits per heavy atom. The zero-order chi connectivity index (χ0) is 12.4. The monoisotopic (exact) mass is 240 g/mol. The normalized spacial score (nSPS) is 20.6. The molecule has 94 valence electrons. The van der Waals surface area contributed by atoms with Crippen LogP contribution in [0, 0.1) is 0 Å². The molecule has 3 rings (SSSR count). The molecule has 1 unspecified atom stereocenters. The van der Waals surface area contributed by atoms with Crippen LogP contribution in [0.25, 0.3) is 10.9 Å². The Morgan fingerprint density at radius 1 is 1.33 bits per heavy atom. The van der Waals surface area contributed by atoms with Crippen molar-refractivity contribution in [2.75, 3.05) is 13.1 Å². The number of fused-ring (bicyclic) bond motifs is 1. The molecule has 0 bridgehead atoms. The smallest absolute Gasteiger partial charge is 0.0702 e. The third-order valence-electron chi connectivity index (χ3n) is 3.87. The van der Waals surface area contributed by atoms with Crippen molar-refractivity contribution in [2.45, 2.75) is 32.2 Å². The standard InChI is InChI=1S/C16H20N2/c1-2-9-18-10-5-8-16(18)14-11-13-6-3-4-7-15(13)17-12-14/h3-4,6-7,11-12,16H,2,5,8-10H2,1H3. The van der Waals surface area contributed by atoms with Crippen LogP contribution >= 0.6 is 0 Å². The van der Waals surface area contributed by atoms with Crippen LogP contribution in [0.3, 0.4) is 0 Å². The fraction of sp³-hybridized carbons (Fsp3) is 0.438. The summed E-state index contributed by atoms with van der Waals surface area (Å²) in [4.78, 5) is 7.20. The van der Waals surface area contributed by atoms with Gasteiger partial charge in [0.2, 0.25) is 0 Å². The van der Waals surface area contributed by atoms with Gasteiger partial charge in [-0.3, -0.25) is 9.88 Å². The van der Waals surface area contributed by atoms with Crippen molar-refractivity contribution < 1.29 is 0 Å². The van der Waals surface area contributed by atoms with Crippen LogP contribution in [0.15, 0.2) is 36.5 Å². The first-order chi connectivity index (χ1) is 8.88. The van der Waals surface area contributed by atoms with Crippen LogP contribution in [0.4, 0.5) is 0 Å². The maximum absolute atomic E-state index is 4.59. The number of hydrogen-bond donors (Lipinski definition) is 0. The number of likely N-dealkylation sites (tertiary alicyclic amines) is 1. The first-order valence-corrected chi connectivity index (χ1v) is 6.97. The zero-order valence-electron chi connectivity index (χ0n) is 11.0. The van der Waals surface area contributed by atoms with Crippen molar-refractivity contribution in [3.8, 4) is 0 Å². The highest BCUT2D eigenvalue weighted by molar-refractivity contribution is 5.78. The maximum Gasteiger partial charge on any atom is 0.0702 e. The van der Waals surface area contributed by atoms with Gasteiger partial charge >= 0.3 is 0 Å². The van der Waals surface area contributed by atoms with E-state index in [0.717, 1.165) is 5.52 Å². The quantitative estimate of drug-likeness (QED) is 0.811. The molecule has 1 aliphatic heterocycles. The minimum absolute atomic E-state index is 0.585. The van der Waals surface area contributed by atoms with Gasteiger partial charge in [0.15, 0.2) is 0 Å². The van der Waals surface area contributed by atoms with E-state index < -0.39 is 0 Å². The number of para-hydroxylation sites is 1. The number of rotatable bonds is 3. The molecular formula is C16H20N2. The maximum atomic E-state index is 4.59. The predicted octanol–water partition coefficient (Wildman–Crippen LogP) is 3.78. The van der Waals surface area contributed by atoms with E-state index in [1.54, 1.807) is 0 Å². The molecule has 0 amide bonds. The Hall–Kier alpha value is -1.41. The molecule has 18 heavy (non-hydrogen) atoms. The summed E-state index contributed by atoms with van der Waals surface area (Å²) in [5, 5.41) is 1.26. The highest BCUT2D eigenvalue weighted by Crippen LogP contribution is 2.32. The molecule has 0 aliphatic carbocycles. The summed E-state index contributed by atoms with van der Waals surface area (Å²) in [5.74, 6) is 0. The lowest BCUT2D eigenvalue weighted by atomic mass is 10.0. The Labute approximate surface area is 109 Å². The average molecular weight is 240 g/mol. The van der Waals surface area contributed by atoms with E-state index in [4.69, 9.17) is 0 Å². The largest absolute Gasteiger partial charge is 0.296 e. The first-order valence-electron chi connectivity index (χ1n) is 6.97. The fourth-order valence-electron chi connectivity index (χ4n) is 3.03. The molecule has 2 aromatic rings. The Kier molecular flexibility index (Phi) is 3.28. The lowest BCUT2D eigenvalue weighted by Crippen LogP contribution is -2.24. The first kappa shape index (κ1) is 11.7.